The van der Waals surface area contributed by atoms with Crippen LogP contribution in [-0.2, 0) is 10.0 Å². The van der Waals surface area contributed by atoms with Gasteiger partial charge in [0.2, 0.25) is 10.0 Å². The Labute approximate surface area is 147 Å². The van der Waals surface area contributed by atoms with Gasteiger partial charge in [-0.05, 0) is 26.0 Å². The topological polar surface area (TPSA) is 58.6 Å². The molecule has 9 heteroatoms. The number of hydrogen-bond donors (Lipinski definition) is 1. The van der Waals surface area contributed by atoms with E-state index in [2.05, 4.69) is 5.32 Å². The molecule has 22 heavy (non-hydrogen) atoms. The van der Waals surface area contributed by atoms with Crippen molar-refractivity contribution in [2.45, 2.75) is 23.8 Å². The minimum atomic E-state index is -3.66. The zero-order valence-corrected chi connectivity index (χ0v) is 15.4. The van der Waals surface area contributed by atoms with Crippen molar-refractivity contribution in [3.8, 4) is 5.75 Å². The van der Waals surface area contributed by atoms with E-state index >= 15 is 0 Å². The van der Waals surface area contributed by atoms with Crippen LogP contribution < -0.4 is 10.1 Å². The number of ether oxygens (including phenoxy) is 1. The van der Waals surface area contributed by atoms with Crippen LogP contribution in [0.15, 0.2) is 17.0 Å². The van der Waals surface area contributed by atoms with Crippen LogP contribution in [0.5, 0.6) is 5.75 Å². The Morgan fingerprint density at radius 1 is 1.32 bits per heavy atom. The number of nitrogens with one attached hydrogen (secondary N) is 1. The number of halogens is 3. The molecule has 1 fully saturated rings. The fourth-order valence-electron chi connectivity index (χ4n) is 2.40. The number of piperidine rings is 1. The van der Waals surface area contributed by atoms with Crippen LogP contribution in [0.4, 0.5) is 0 Å². The van der Waals surface area contributed by atoms with Gasteiger partial charge in [-0.15, -0.1) is 12.4 Å². The zero-order valence-electron chi connectivity index (χ0n) is 12.3. The van der Waals surface area contributed by atoms with Gasteiger partial charge in [0.25, 0.3) is 0 Å². The van der Waals surface area contributed by atoms with Crippen LogP contribution in [0.25, 0.3) is 0 Å². The summed E-state index contributed by atoms with van der Waals surface area (Å²) in [6.07, 6.45) is 1.77. The van der Waals surface area contributed by atoms with Gasteiger partial charge in [0.05, 0.1) is 17.2 Å². The molecule has 1 aromatic rings. The van der Waals surface area contributed by atoms with Gasteiger partial charge in [-0.3, -0.25) is 0 Å². The molecule has 1 heterocycles. The molecule has 0 spiro atoms. The van der Waals surface area contributed by atoms with Gasteiger partial charge in [0.1, 0.15) is 10.6 Å². The third kappa shape index (κ3) is 3.99. The second-order valence-electron chi connectivity index (χ2n) is 4.91. The maximum Gasteiger partial charge on any atom is 0.244 e. The van der Waals surface area contributed by atoms with Crippen molar-refractivity contribution in [1.29, 1.82) is 0 Å². The predicted octanol–water partition coefficient (Wildman–Crippen LogP) is 2.80. The number of benzene rings is 1. The third-order valence-corrected chi connectivity index (χ3v) is 6.24. The molecule has 0 aliphatic carbocycles. The summed E-state index contributed by atoms with van der Waals surface area (Å²) in [5.41, 5.74) is 0. The van der Waals surface area contributed by atoms with Gasteiger partial charge < -0.3 is 10.1 Å². The molecule has 126 valence electrons. The number of likely N-dealkylation sites (N-methyl/N-ethyl adjacent to an activating group) is 1. The highest BCUT2D eigenvalue weighted by Gasteiger charge is 2.31. The fourth-order valence-corrected chi connectivity index (χ4v) is 4.75. The van der Waals surface area contributed by atoms with Gasteiger partial charge in [0, 0.05) is 25.2 Å². The number of methoxy groups -OCH3 is 1. The molecule has 1 unspecified atom stereocenters. The van der Waals surface area contributed by atoms with Crippen molar-refractivity contribution in [1.82, 2.24) is 9.62 Å². The molecular weight excluding hydrogens is 371 g/mol. The lowest BCUT2D eigenvalue weighted by atomic mass is 10.1. The summed E-state index contributed by atoms with van der Waals surface area (Å²) in [4.78, 5) is 0.0201. The lowest BCUT2D eigenvalue weighted by Gasteiger charge is -2.32. The molecule has 1 N–H and O–H groups in total. The molecule has 2 rings (SSSR count). The smallest absolute Gasteiger partial charge is 0.244 e. The van der Waals surface area contributed by atoms with E-state index in [1.165, 1.54) is 23.5 Å². The average Bonchev–Trinajstić information content (AvgIpc) is 2.49. The summed E-state index contributed by atoms with van der Waals surface area (Å²) < 4.78 is 32.0. The van der Waals surface area contributed by atoms with Crippen molar-refractivity contribution < 1.29 is 13.2 Å². The summed E-state index contributed by atoms with van der Waals surface area (Å²) in [5, 5.41) is 3.45. The Bertz CT molecular complexity index is 625. The molecule has 0 radical (unpaired) electrons. The van der Waals surface area contributed by atoms with E-state index in [0.717, 1.165) is 12.8 Å². The van der Waals surface area contributed by atoms with Crippen LogP contribution in [0.1, 0.15) is 12.8 Å². The second kappa shape index (κ2) is 8.04. The molecular formula is C13H19Cl3N2O3S. The molecule has 0 aromatic heterocycles. The van der Waals surface area contributed by atoms with Crippen LogP contribution in [0.2, 0.25) is 10.0 Å². The minimum absolute atomic E-state index is 0. The molecule has 1 atom stereocenters. The van der Waals surface area contributed by atoms with Crippen LogP contribution in [-0.4, -0.2) is 46.0 Å². The average molecular weight is 390 g/mol. The fraction of sp³-hybridized carbons (Fsp3) is 0.538. The zero-order chi connectivity index (χ0) is 15.6. The molecule has 1 saturated heterocycles. The number of sulfonamides is 1. The van der Waals surface area contributed by atoms with Crippen molar-refractivity contribution in [3.63, 3.8) is 0 Å². The van der Waals surface area contributed by atoms with Crippen molar-refractivity contribution in [3.05, 3.63) is 22.2 Å². The van der Waals surface area contributed by atoms with Crippen LogP contribution in [0, 0.1) is 0 Å². The number of hydrogen-bond acceptors (Lipinski definition) is 4. The lowest BCUT2D eigenvalue weighted by Crippen LogP contribution is -2.46. The van der Waals surface area contributed by atoms with E-state index in [1.54, 1.807) is 0 Å². The quantitative estimate of drug-likeness (QED) is 0.860. The van der Waals surface area contributed by atoms with E-state index in [0.29, 0.717) is 18.8 Å². The van der Waals surface area contributed by atoms with E-state index in [-0.39, 0.29) is 33.4 Å². The Morgan fingerprint density at radius 3 is 2.59 bits per heavy atom. The Kier molecular flexibility index (Phi) is 7.23. The van der Waals surface area contributed by atoms with Crippen molar-refractivity contribution >= 4 is 45.6 Å². The molecule has 0 bridgehead atoms. The standard InChI is InChI=1S/C13H18Cl2N2O3S.ClH/c1-16-9-4-3-5-17(8-9)21(18,19)13-7-10(14)12(20-2)6-11(13)15;/h6-7,9,16H,3-5,8H2,1-2H3;1H. The Balaban J connectivity index is 0.00000242. The SMILES string of the molecule is CNC1CCCN(S(=O)(=O)c2cc(Cl)c(OC)cc2Cl)C1.Cl. The predicted molar refractivity (Wildman–Crippen MR) is 91.1 cm³/mol. The molecule has 1 aromatic carbocycles. The Hall–Kier alpha value is -0.240. The van der Waals surface area contributed by atoms with E-state index in [1.807, 2.05) is 7.05 Å². The van der Waals surface area contributed by atoms with Gasteiger partial charge in [-0.25, -0.2) is 8.42 Å². The highest BCUT2D eigenvalue weighted by molar-refractivity contribution is 7.89. The first-order valence-electron chi connectivity index (χ1n) is 6.60. The molecule has 0 amide bonds. The summed E-state index contributed by atoms with van der Waals surface area (Å²) >= 11 is 12.1. The monoisotopic (exact) mass is 388 g/mol. The summed E-state index contributed by atoms with van der Waals surface area (Å²) in [6, 6.07) is 2.93. The molecule has 1 aliphatic heterocycles. The lowest BCUT2D eigenvalue weighted by molar-refractivity contribution is 0.293. The van der Waals surface area contributed by atoms with E-state index < -0.39 is 10.0 Å². The first-order chi connectivity index (χ1) is 9.90. The number of nitrogens with zero attached hydrogens (tertiary/aromatic N) is 1. The minimum Gasteiger partial charge on any atom is -0.495 e. The maximum atomic E-state index is 12.7. The van der Waals surface area contributed by atoms with Crippen LogP contribution >= 0.6 is 35.6 Å². The van der Waals surface area contributed by atoms with Gasteiger partial charge in [-0.2, -0.15) is 4.31 Å². The van der Waals surface area contributed by atoms with Crippen LogP contribution in [0.3, 0.4) is 0 Å². The molecule has 1 aliphatic rings. The molecule has 0 saturated carbocycles. The first-order valence-corrected chi connectivity index (χ1v) is 8.80. The van der Waals surface area contributed by atoms with Crippen molar-refractivity contribution in [2.75, 3.05) is 27.2 Å². The summed E-state index contributed by atoms with van der Waals surface area (Å²) in [6.45, 7) is 0.916. The van der Waals surface area contributed by atoms with Gasteiger partial charge >= 0.3 is 0 Å². The van der Waals surface area contributed by atoms with Gasteiger partial charge in [0.15, 0.2) is 0 Å². The summed E-state index contributed by atoms with van der Waals surface area (Å²) in [7, 11) is -0.378. The van der Waals surface area contributed by atoms with E-state index in [9.17, 15) is 8.42 Å². The summed E-state index contributed by atoms with van der Waals surface area (Å²) in [5.74, 6) is 0.354. The van der Waals surface area contributed by atoms with Crippen molar-refractivity contribution in [2.24, 2.45) is 0 Å². The highest BCUT2D eigenvalue weighted by Crippen LogP contribution is 2.35. The maximum absolute atomic E-state index is 12.7. The normalized spacial score (nSPS) is 19.5. The van der Waals surface area contributed by atoms with E-state index in [4.69, 9.17) is 27.9 Å². The largest absolute Gasteiger partial charge is 0.495 e. The Morgan fingerprint density at radius 2 is 2.00 bits per heavy atom. The first kappa shape index (κ1) is 19.8. The number of rotatable bonds is 4. The highest BCUT2D eigenvalue weighted by atomic mass is 35.5. The molecule has 5 nitrogen and oxygen atoms in total. The second-order valence-corrected chi connectivity index (χ2v) is 7.63. The third-order valence-electron chi connectivity index (χ3n) is 3.62. The van der Waals surface area contributed by atoms with Gasteiger partial charge in [-0.1, -0.05) is 23.2 Å².